The number of alkyl halides is 1. The molecule has 1 rings (SSSR count). The number of nitriles is 1. The van der Waals surface area contributed by atoms with Crippen LogP contribution in [0.5, 0.6) is 0 Å². The first-order valence-electron chi connectivity index (χ1n) is 5.37. The first-order valence-corrected chi connectivity index (χ1v) is 5.90. The van der Waals surface area contributed by atoms with E-state index in [1.54, 1.807) is 24.3 Å². The van der Waals surface area contributed by atoms with E-state index in [1.807, 2.05) is 6.07 Å². The lowest BCUT2D eigenvalue weighted by molar-refractivity contribution is 0.0979. The van der Waals surface area contributed by atoms with E-state index in [0.717, 1.165) is 19.3 Å². The molecule has 0 aliphatic rings. The fraction of sp³-hybridized carbons (Fsp3) is 0.385. The van der Waals surface area contributed by atoms with Crippen LogP contribution in [-0.4, -0.2) is 11.7 Å². The minimum Gasteiger partial charge on any atom is -0.294 e. The number of Topliss-reactive ketones (excluding diaryl/α,β-unsaturated/α-hetero) is 1. The summed E-state index contributed by atoms with van der Waals surface area (Å²) in [6.45, 7) is 0. The maximum Gasteiger partial charge on any atom is 0.162 e. The SMILES string of the molecule is N#Cc1ccc(C(=O)CCCCCCl)cc1. The number of rotatable bonds is 6. The number of unbranched alkanes of at least 4 members (excludes halogenated alkanes) is 2. The number of carbonyl (C=O) groups is 1. The van der Waals surface area contributed by atoms with Crippen LogP contribution in [0.4, 0.5) is 0 Å². The standard InChI is InChI=1S/C13H14ClNO/c14-9-3-1-2-4-13(16)12-7-5-11(10-15)6-8-12/h5-8H,1-4,9H2. The van der Waals surface area contributed by atoms with Gasteiger partial charge in [0.05, 0.1) is 11.6 Å². The van der Waals surface area contributed by atoms with Crippen molar-refractivity contribution in [2.45, 2.75) is 25.7 Å². The summed E-state index contributed by atoms with van der Waals surface area (Å²) in [5.74, 6) is 0.796. The van der Waals surface area contributed by atoms with Crippen molar-refractivity contribution in [1.29, 1.82) is 5.26 Å². The number of hydrogen-bond donors (Lipinski definition) is 0. The first kappa shape index (κ1) is 12.7. The monoisotopic (exact) mass is 235 g/mol. The molecular weight excluding hydrogens is 222 g/mol. The van der Waals surface area contributed by atoms with E-state index in [-0.39, 0.29) is 5.78 Å². The highest BCUT2D eigenvalue weighted by Gasteiger charge is 2.04. The molecule has 0 aromatic heterocycles. The lowest BCUT2D eigenvalue weighted by Gasteiger charge is -2.00. The number of ketones is 1. The topological polar surface area (TPSA) is 40.9 Å². The molecule has 0 amide bonds. The van der Waals surface area contributed by atoms with Gasteiger partial charge in [0.1, 0.15) is 0 Å². The highest BCUT2D eigenvalue weighted by atomic mass is 35.5. The van der Waals surface area contributed by atoms with E-state index in [4.69, 9.17) is 16.9 Å². The van der Waals surface area contributed by atoms with E-state index < -0.39 is 0 Å². The summed E-state index contributed by atoms with van der Waals surface area (Å²) in [6.07, 6.45) is 3.39. The van der Waals surface area contributed by atoms with E-state index in [1.165, 1.54) is 0 Å². The summed E-state index contributed by atoms with van der Waals surface area (Å²) in [5.41, 5.74) is 1.27. The molecule has 1 aromatic rings. The molecule has 0 aliphatic carbocycles. The smallest absolute Gasteiger partial charge is 0.162 e. The third kappa shape index (κ3) is 4.04. The molecule has 0 saturated carbocycles. The van der Waals surface area contributed by atoms with Gasteiger partial charge in [0.25, 0.3) is 0 Å². The molecule has 1 aromatic carbocycles. The van der Waals surface area contributed by atoms with Crippen molar-refractivity contribution in [3.05, 3.63) is 35.4 Å². The Labute approximate surface area is 101 Å². The van der Waals surface area contributed by atoms with Crippen molar-refractivity contribution < 1.29 is 4.79 Å². The molecule has 3 heteroatoms. The minimum atomic E-state index is 0.138. The van der Waals surface area contributed by atoms with Gasteiger partial charge in [0.15, 0.2) is 5.78 Å². The van der Waals surface area contributed by atoms with Crippen LogP contribution in [0.1, 0.15) is 41.6 Å². The quantitative estimate of drug-likeness (QED) is 0.430. The van der Waals surface area contributed by atoms with Crippen molar-refractivity contribution in [2.24, 2.45) is 0 Å². The van der Waals surface area contributed by atoms with Crippen LogP contribution in [-0.2, 0) is 0 Å². The Morgan fingerprint density at radius 3 is 2.44 bits per heavy atom. The highest BCUT2D eigenvalue weighted by molar-refractivity contribution is 6.17. The average molecular weight is 236 g/mol. The number of halogens is 1. The summed E-state index contributed by atoms with van der Waals surface area (Å²) in [6, 6.07) is 8.79. The number of benzene rings is 1. The van der Waals surface area contributed by atoms with Gasteiger partial charge >= 0.3 is 0 Å². The maximum absolute atomic E-state index is 11.7. The van der Waals surface area contributed by atoms with Crippen molar-refractivity contribution in [3.63, 3.8) is 0 Å². The maximum atomic E-state index is 11.7. The Balaban J connectivity index is 2.44. The molecule has 16 heavy (non-hydrogen) atoms. The van der Waals surface area contributed by atoms with Gasteiger partial charge in [-0.3, -0.25) is 4.79 Å². The van der Waals surface area contributed by atoms with Gasteiger partial charge in [-0.15, -0.1) is 11.6 Å². The van der Waals surface area contributed by atoms with E-state index in [0.29, 0.717) is 23.4 Å². The molecule has 0 unspecified atom stereocenters. The van der Waals surface area contributed by atoms with Crippen LogP contribution in [0, 0.1) is 11.3 Å². The second kappa shape index (κ2) is 7.03. The summed E-state index contributed by atoms with van der Waals surface area (Å²) in [5, 5.41) is 8.62. The van der Waals surface area contributed by atoms with Gasteiger partial charge in [-0.25, -0.2) is 0 Å². The molecular formula is C13H14ClNO. The zero-order chi connectivity index (χ0) is 11.8. The molecule has 0 radical (unpaired) electrons. The highest BCUT2D eigenvalue weighted by Crippen LogP contribution is 2.09. The second-order valence-corrected chi connectivity index (χ2v) is 3.99. The molecule has 2 nitrogen and oxygen atoms in total. The molecule has 84 valence electrons. The van der Waals surface area contributed by atoms with Gasteiger partial charge in [-0.05, 0) is 25.0 Å². The Hall–Kier alpha value is -1.33. The van der Waals surface area contributed by atoms with Crippen LogP contribution in [0.15, 0.2) is 24.3 Å². The van der Waals surface area contributed by atoms with Gasteiger partial charge in [-0.2, -0.15) is 5.26 Å². The molecule has 0 spiro atoms. The van der Waals surface area contributed by atoms with Crippen LogP contribution in [0.3, 0.4) is 0 Å². The van der Waals surface area contributed by atoms with E-state index in [9.17, 15) is 4.79 Å². The minimum absolute atomic E-state index is 0.138. The number of hydrogen-bond acceptors (Lipinski definition) is 2. The van der Waals surface area contributed by atoms with Crippen LogP contribution in [0.25, 0.3) is 0 Å². The van der Waals surface area contributed by atoms with Gasteiger partial charge < -0.3 is 0 Å². The Morgan fingerprint density at radius 1 is 1.19 bits per heavy atom. The predicted molar refractivity (Wildman–Crippen MR) is 64.7 cm³/mol. The normalized spacial score (nSPS) is 9.75. The lowest BCUT2D eigenvalue weighted by atomic mass is 10.0. The number of nitrogens with zero attached hydrogens (tertiary/aromatic N) is 1. The molecule has 0 fully saturated rings. The Bertz CT molecular complexity index is 378. The zero-order valence-electron chi connectivity index (χ0n) is 9.08. The summed E-state index contributed by atoms with van der Waals surface area (Å²) < 4.78 is 0. The second-order valence-electron chi connectivity index (χ2n) is 3.61. The molecule has 0 heterocycles. The largest absolute Gasteiger partial charge is 0.294 e. The molecule has 0 atom stereocenters. The van der Waals surface area contributed by atoms with E-state index >= 15 is 0 Å². The third-order valence-electron chi connectivity index (χ3n) is 2.37. The Kier molecular flexibility index (Phi) is 5.60. The van der Waals surface area contributed by atoms with Gasteiger partial charge in [0.2, 0.25) is 0 Å². The predicted octanol–water partition coefficient (Wildman–Crippen LogP) is 3.54. The van der Waals surface area contributed by atoms with Crippen molar-refractivity contribution in [2.75, 3.05) is 5.88 Å². The van der Waals surface area contributed by atoms with E-state index in [2.05, 4.69) is 0 Å². The summed E-state index contributed by atoms with van der Waals surface area (Å²) >= 11 is 5.55. The van der Waals surface area contributed by atoms with Crippen LogP contribution in [0.2, 0.25) is 0 Å². The molecule has 0 saturated heterocycles. The average Bonchev–Trinajstić information content (AvgIpc) is 2.34. The van der Waals surface area contributed by atoms with Crippen molar-refractivity contribution >= 4 is 17.4 Å². The lowest BCUT2D eigenvalue weighted by Crippen LogP contribution is -1.98. The fourth-order valence-electron chi connectivity index (χ4n) is 1.43. The molecule has 0 aliphatic heterocycles. The van der Waals surface area contributed by atoms with Crippen LogP contribution >= 0.6 is 11.6 Å². The third-order valence-corrected chi connectivity index (χ3v) is 2.64. The van der Waals surface area contributed by atoms with Gasteiger partial charge in [0, 0.05) is 17.9 Å². The molecule has 0 bridgehead atoms. The van der Waals surface area contributed by atoms with Gasteiger partial charge in [-0.1, -0.05) is 18.6 Å². The number of carbonyl (C=O) groups excluding carboxylic acids is 1. The summed E-state index contributed by atoms with van der Waals surface area (Å²) in [7, 11) is 0. The molecule has 0 N–H and O–H groups in total. The Morgan fingerprint density at radius 2 is 1.88 bits per heavy atom. The summed E-state index contributed by atoms with van der Waals surface area (Å²) in [4.78, 5) is 11.7. The van der Waals surface area contributed by atoms with Crippen LogP contribution < -0.4 is 0 Å². The fourth-order valence-corrected chi connectivity index (χ4v) is 1.62. The zero-order valence-corrected chi connectivity index (χ0v) is 9.83. The first-order chi connectivity index (χ1) is 7.77. The van der Waals surface area contributed by atoms with Crippen molar-refractivity contribution in [3.8, 4) is 6.07 Å². The van der Waals surface area contributed by atoms with Crippen molar-refractivity contribution in [1.82, 2.24) is 0 Å².